The van der Waals surface area contributed by atoms with Gasteiger partial charge in [0.1, 0.15) is 52.6 Å². The highest BCUT2D eigenvalue weighted by Gasteiger charge is 2.30. The average molecular weight is 1570 g/mol. The number of aromatic nitrogens is 9. The fourth-order valence-corrected chi connectivity index (χ4v) is 15.6. The Bertz CT molecular complexity index is 5110. The molecule has 9 heterocycles. The fraction of sp³-hybridized carbons (Fsp3) is 0.284. The van der Waals surface area contributed by atoms with E-state index in [2.05, 4.69) is 118 Å². The number of carbonyl (C=O) groups is 2. The quantitative estimate of drug-likeness (QED) is 0.0477. The molecule has 27 heteroatoms. The third-order valence-electron chi connectivity index (χ3n) is 19.6. The van der Waals surface area contributed by atoms with Gasteiger partial charge in [0.2, 0.25) is 0 Å². The third-order valence-corrected chi connectivity index (χ3v) is 21.4. The van der Waals surface area contributed by atoms with Crippen LogP contribution in [0.15, 0.2) is 171 Å². The highest BCUT2D eigenvalue weighted by molar-refractivity contribution is 6.37. The predicted molar refractivity (Wildman–Crippen MR) is 430 cm³/mol. The highest BCUT2D eigenvalue weighted by atomic mass is 35.5. The maximum atomic E-state index is 13.0. The Morgan fingerprint density at radius 1 is 0.546 bits per heavy atom. The number of halogens is 6. The molecule has 108 heavy (non-hydrogen) atoms. The number of carbonyl (C=O) groups excluding carboxylic acids is 2. The van der Waals surface area contributed by atoms with E-state index in [1.165, 1.54) is 0 Å². The molecule has 5 N–H and O–H groups in total. The van der Waals surface area contributed by atoms with Crippen molar-refractivity contribution in [3.8, 4) is 51.0 Å². The molecule has 0 saturated carbocycles. The van der Waals surface area contributed by atoms with Gasteiger partial charge < -0.3 is 44.3 Å². The van der Waals surface area contributed by atoms with Gasteiger partial charge in [-0.2, -0.15) is 15.3 Å². The number of nitrogens with zero attached hydrogens (tertiary/aromatic N) is 10. The van der Waals surface area contributed by atoms with Gasteiger partial charge in [0.15, 0.2) is 0 Å². The molecule has 0 radical (unpaired) electrons. The lowest BCUT2D eigenvalue weighted by Crippen LogP contribution is -2.52. The normalized spacial score (nSPS) is 16.2. The first kappa shape index (κ1) is 76.8. The first-order valence-electron chi connectivity index (χ1n) is 35.6. The number of morpholine rings is 1. The average Bonchev–Trinajstić information content (AvgIpc) is 1.63. The monoisotopic (exact) mass is 1570 g/mol. The van der Waals surface area contributed by atoms with E-state index >= 15 is 0 Å². The summed E-state index contributed by atoms with van der Waals surface area (Å²) in [4.78, 5) is 46.4. The van der Waals surface area contributed by atoms with E-state index in [1.54, 1.807) is 37.2 Å². The van der Waals surface area contributed by atoms with Crippen LogP contribution in [-0.4, -0.2) is 175 Å². The van der Waals surface area contributed by atoms with Crippen LogP contribution in [0.4, 0.5) is 0 Å². The van der Waals surface area contributed by atoms with Crippen LogP contribution in [0.5, 0.6) is 17.2 Å². The summed E-state index contributed by atoms with van der Waals surface area (Å²) in [5.41, 5.74) is 13.3. The van der Waals surface area contributed by atoms with E-state index in [-0.39, 0.29) is 36.2 Å². The third kappa shape index (κ3) is 17.8. The van der Waals surface area contributed by atoms with E-state index < -0.39 is 0 Å². The zero-order chi connectivity index (χ0) is 75.7. The van der Waals surface area contributed by atoms with Gasteiger partial charge in [-0.25, -0.2) is 0 Å². The molecular weight excluding hydrogens is 1490 g/mol. The van der Waals surface area contributed by atoms with Crippen LogP contribution >= 0.6 is 69.6 Å². The number of likely N-dealkylation sites (N-methyl/N-ethyl adjacent to an activating group) is 1. The van der Waals surface area contributed by atoms with E-state index in [1.807, 2.05) is 134 Å². The maximum absolute atomic E-state index is 13.0. The number of benzene rings is 6. The van der Waals surface area contributed by atoms with Crippen molar-refractivity contribution in [2.45, 2.75) is 64.5 Å². The summed E-state index contributed by atoms with van der Waals surface area (Å²) in [7, 11) is 4.12. The van der Waals surface area contributed by atoms with E-state index in [0.29, 0.717) is 87.8 Å². The summed E-state index contributed by atoms with van der Waals surface area (Å²) in [6.45, 7) is 21.3. The number of aromatic amines is 3. The second-order valence-corrected chi connectivity index (χ2v) is 29.4. The largest absolute Gasteiger partial charge is 0.486 e. The summed E-state index contributed by atoms with van der Waals surface area (Å²) in [6.07, 6.45) is 9.25. The number of nitrogens with one attached hydrogen (secondary N) is 5. The molecule has 12 aromatic rings. The number of amides is 2. The van der Waals surface area contributed by atoms with Gasteiger partial charge in [-0.05, 0) is 133 Å². The van der Waals surface area contributed by atoms with Crippen LogP contribution in [0.25, 0.3) is 72.2 Å². The number of H-pyrrole nitrogens is 3. The number of fused-ring (bicyclic) bond motifs is 3. The van der Waals surface area contributed by atoms with Gasteiger partial charge in [-0.1, -0.05) is 125 Å². The number of pyridine rings is 3. The molecule has 0 aliphatic carbocycles. The first-order valence-corrected chi connectivity index (χ1v) is 37.8. The molecule has 6 aromatic heterocycles. The number of rotatable bonds is 20. The summed E-state index contributed by atoms with van der Waals surface area (Å²) in [5, 5.41) is 35.2. The van der Waals surface area contributed by atoms with Gasteiger partial charge in [-0.3, -0.25) is 44.7 Å². The molecule has 0 bridgehead atoms. The van der Waals surface area contributed by atoms with Crippen LogP contribution in [0, 0.1) is 0 Å². The number of piperazine rings is 1. The SMILES string of the molecule is C=C(NCCN1CCOCC1)c1ccc(-c2n[nH]c3ccc(OC(C)c4c(Cl)cncc4Cl)cc23)cc1.CC(Oc1ccc2[nH]nc(-c3ccc(C(=O)N4CCNCC4C)cc3)c2c1)c1c(Cl)cncc1Cl.CC(Oc1ccc2[nH]nc(-c3ccc(C(=O)N4CC[C@@H](N(C)C)C4)cc3)c2c1)c1c(Cl)cncc1Cl. The van der Waals surface area contributed by atoms with Crippen molar-refractivity contribution in [3.05, 3.63) is 235 Å². The molecule has 3 aliphatic rings. The lowest BCUT2D eigenvalue weighted by atomic mass is 10.0. The Balaban J connectivity index is 0.000000143. The predicted octanol–water partition coefficient (Wildman–Crippen LogP) is 17.3. The Kier molecular flexibility index (Phi) is 24.8. The van der Waals surface area contributed by atoms with Gasteiger partial charge in [0, 0.05) is 175 Å². The van der Waals surface area contributed by atoms with Crippen molar-refractivity contribution < 1.29 is 28.5 Å². The van der Waals surface area contributed by atoms with Crippen molar-refractivity contribution >= 4 is 120 Å². The van der Waals surface area contributed by atoms with Gasteiger partial charge in [0.25, 0.3) is 11.8 Å². The molecule has 21 nitrogen and oxygen atoms in total. The van der Waals surface area contributed by atoms with Crippen molar-refractivity contribution in [1.29, 1.82) is 0 Å². The van der Waals surface area contributed by atoms with Crippen LogP contribution in [-0.2, 0) is 4.74 Å². The molecule has 558 valence electrons. The molecular formula is C81H81Cl6N15O6. The van der Waals surface area contributed by atoms with E-state index in [0.717, 1.165) is 150 Å². The Morgan fingerprint density at radius 3 is 1.31 bits per heavy atom. The van der Waals surface area contributed by atoms with Crippen LogP contribution in [0.1, 0.15) is 95.4 Å². The molecule has 15 rings (SSSR count). The molecule has 4 unspecified atom stereocenters. The smallest absolute Gasteiger partial charge is 0.254 e. The lowest BCUT2D eigenvalue weighted by molar-refractivity contribution is 0.0388. The zero-order valence-electron chi connectivity index (χ0n) is 60.4. The molecule has 0 spiro atoms. The molecule has 3 fully saturated rings. The van der Waals surface area contributed by atoms with E-state index in [9.17, 15) is 9.59 Å². The minimum absolute atomic E-state index is 0.0514. The van der Waals surface area contributed by atoms with Crippen molar-refractivity contribution in [2.75, 3.05) is 86.2 Å². The minimum Gasteiger partial charge on any atom is -0.486 e. The van der Waals surface area contributed by atoms with Crippen LogP contribution in [0.2, 0.25) is 30.1 Å². The second kappa shape index (κ2) is 34.9. The number of hydrogen-bond donors (Lipinski definition) is 5. The summed E-state index contributed by atoms with van der Waals surface area (Å²) < 4.78 is 23.9. The van der Waals surface area contributed by atoms with E-state index in [4.69, 9.17) is 88.6 Å². The van der Waals surface area contributed by atoms with Crippen LogP contribution < -0.4 is 24.8 Å². The molecule has 5 atom stereocenters. The first-order chi connectivity index (χ1) is 52.2. The van der Waals surface area contributed by atoms with Crippen molar-refractivity contribution in [3.63, 3.8) is 0 Å². The molecule has 3 aliphatic heterocycles. The molecule has 6 aromatic carbocycles. The maximum Gasteiger partial charge on any atom is 0.254 e. The molecule has 2 amide bonds. The molecule has 3 saturated heterocycles. The van der Waals surface area contributed by atoms with Crippen molar-refractivity contribution in [2.24, 2.45) is 0 Å². The Hall–Kier alpha value is -9.36. The second-order valence-electron chi connectivity index (χ2n) is 27.0. The summed E-state index contributed by atoms with van der Waals surface area (Å²) >= 11 is 37.8. The Labute approximate surface area is 656 Å². The van der Waals surface area contributed by atoms with Gasteiger partial charge in [-0.15, -0.1) is 0 Å². The van der Waals surface area contributed by atoms with Crippen molar-refractivity contribution in [1.82, 2.24) is 75.8 Å². The number of likely N-dealkylation sites (tertiary alicyclic amines) is 1. The standard InChI is InChI=1S/C28H29Cl2N5O2.C27H27Cl2N5O2.C26H25Cl2N5O2/c1-18(32-9-10-35-11-13-36-14-12-35)20-3-5-21(6-4-20)28-23-15-22(7-8-26(23)33-34-28)37-19(2)27-24(29)16-31-17-25(27)30;1-16(25-22(28)13-30-14-23(25)29)36-20-8-9-24-21(12-20)26(32-31-24)17-4-6-18(7-5-17)27(35)34-11-10-19(15-34)33(2)3;1-15-12-29-9-10-33(15)26(34)18-5-3-17(4-6-18)25-20-11-19(7-8-23(20)31-32-25)35-16(2)24-21(27)13-30-14-22(24)28/h3-8,15-17,19,32H,1,9-14H2,2H3,(H,33,34);4-9,12-14,16,19H,10-11,15H2,1-3H3,(H,31,32);3-8,11,13-16,29H,9-10,12H2,1-2H3,(H,31,32)/t;16?,19-;/m.1./s1. The van der Waals surface area contributed by atoms with Gasteiger partial charge >= 0.3 is 0 Å². The topological polar surface area (TPSA) is 233 Å². The zero-order valence-corrected chi connectivity index (χ0v) is 64.9. The van der Waals surface area contributed by atoms with Gasteiger partial charge in [0.05, 0.1) is 59.9 Å². The summed E-state index contributed by atoms with van der Waals surface area (Å²) in [6, 6.07) is 41.4. The number of hydrogen-bond acceptors (Lipinski definition) is 16. The van der Waals surface area contributed by atoms with Crippen LogP contribution in [0.3, 0.4) is 0 Å². The summed E-state index contributed by atoms with van der Waals surface area (Å²) in [5.74, 6) is 2.14. The number of ether oxygens (including phenoxy) is 4. The fourth-order valence-electron chi connectivity index (χ4n) is 13.6. The Morgan fingerprint density at radius 2 is 0.935 bits per heavy atom. The highest BCUT2D eigenvalue weighted by Crippen LogP contribution is 2.40. The minimum atomic E-state index is -0.372. The lowest BCUT2D eigenvalue weighted by Gasteiger charge is -2.34.